The molecule has 0 aliphatic rings. The molecule has 9 heteroatoms. The third-order valence-corrected chi connectivity index (χ3v) is 7.62. The van der Waals surface area contributed by atoms with Gasteiger partial charge in [0.05, 0.1) is 6.42 Å². The van der Waals surface area contributed by atoms with Gasteiger partial charge in [-0.1, -0.05) is 105 Å². The van der Waals surface area contributed by atoms with Crippen LogP contribution in [-0.2, 0) is 28.4 Å². The Bertz CT molecular complexity index is 541. The number of unbranched alkanes of at least 4 members (excludes halogenated alkanes) is 12. The Morgan fingerprint density at radius 1 is 0.615 bits per heavy atom. The average Bonchev–Trinajstić information content (AvgIpc) is 2.90. The zero-order valence-electron chi connectivity index (χ0n) is 25.8. The number of ether oxygens (including phenoxy) is 2. The van der Waals surface area contributed by atoms with Gasteiger partial charge in [0.25, 0.3) is 0 Å². The molecule has 226 valence electrons. The molecule has 0 saturated heterocycles. The van der Waals surface area contributed by atoms with Crippen LogP contribution >= 0.6 is 12.0 Å². The molecule has 0 amide bonds. The number of hydrogen-bond acceptors (Lipinski definition) is 8. The van der Waals surface area contributed by atoms with Crippen LogP contribution in [0.4, 0.5) is 0 Å². The van der Waals surface area contributed by atoms with Crippen molar-refractivity contribution >= 4 is 24.0 Å². The second kappa shape index (κ2) is 31.1. The summed E-state index contributed by atoms with van der Waals surface area (Å²) in [5, 5.41) is 12.9. The van der Waals surface area contributed by atoms with Gasteiger partial charge in [0, 0.05) is 12.0 Å². The van der Waals surface area contributed by atoms with Gasteiger partial charge < -0.3 is 14.7 Å². The van der Waals surface area contributed by atoms with Gasteiger partial charge in [0.15, 0.2) is 0 Å². The summed E-state index contributed by atoms with van der Waals surface area (Å²) >= 11 is 0.529. The Labute approximate surface area is 265 Å². The Kier molecular flexibility index (Phi) is 33.0. The van der Waals surface area contributed by atoms with Crippen LogP contribution < -0.4 is 34.8 Å². The van der Waals surface area contributed by atoms with Crippen molar-refractivity contribution in [3.05, 3.63) is 0 Å². The summed E-state index contributed by atoms with van der Waals surface area (Å²) in [6, 6.07) is 0. The first kappa shape index (κ1) is 41.3. The van der Waals surface area contributed by atoms with Crippen molar-refractivity contribution in [3.63, 3.8) is 0 Å². The van der Waals surface area contributed by atoms with Crippen LogP contribution in [0.15, 0.2) is 0 Å². The summed E-state index contributed by atoms with van der Waals surface area (Å²) in [6.07, 6.45) is 20.5. The summed E-state index contributed by atoms with van der Waals surface area (Å²) in [6.45, 7) is 8.68. The minimum atomic E-state index is -1.01. The molecule has 0 heterocycles. The van der Waals surface area contributed by atoms with Crippen molar-refractivity contribution in [2.24, 2.45) is 0 Å². The molecular formula is C30H57NaO7S. The Morgan fingerprint density at radius 2 is 1.00 bits per heavy atom. The maximum absolute atomic E-state index is 13.1. The molecule has 0 rings (SSSR count). The van der Waals surface area contributed by atoms with Crippen LogP contribution in [0.2, 0.25) is 0 Å². The van der Waals surface area contributed by atoms with Gasteiger partial charge in [-0.05, 0) is 51.4 Å². The smallest absolute Gasteiger partial charge is 0.691 e. The van der Waals surface area contributed by atoms with Crippen LogP contribution in [-0.4, -0.2) is 29.4 Å². The van der Waals surface area contributed by atoms with E-state index in [4.69, 9.17) is 9.47 Å². The molecule has 0 aliphatic heterocycles. The Hall–Kier alpha value is 0.170. The van der Waals surface area contributed by atoms with E-state index in [1.54, 1.807) is 0 Å². The molecule has 0 bridgehead atoms. The second-order valence-corrected chi connectivity index (χ2v) is 11.4. The molecule has 0 aromatic rings. The topological polar surface area (TPSA) is 94.1 Å². The third-order valence-electron chi connectivity index (χ3n) is 6.90. The molecule has 0 N–H and O–H groups in total. The normalized spacial score (nSPS) is 12.7. The summed E-state index contributed by atoms with van der Waals surface area (Å²) < 4.78 is 16.1. The van der Waals surface area contributed by atoms with Crippen LogP contribution in [0.25, 0.3) is 0 Å². The maximum atomic E-state index is 13.1. The van der Waals surface area contributed by atoms with Crippen LogP contribution in [0.1, 0.15) is 163 Å². The van der Waals surface area contributed by atoms with Crippen molar-refractivity contribution in [1.29, 1.82) is 0 Å². The molecule has 2 atom stereocenters. The van der Waals surface area contributed by atoms with Gasteiger partial charge in [0.2, 0.25) is 0 Å². The molecule has 2 unspecified atom stereocenters. The van der Waals surface area contributed by atoms with E-state index in [1.807, 2.05) is 0 Å². The standard InChI is InChI=1S/C30H58O7S.Na/c1-5-9-13-16-20-22-26(21-17-12-8-4)34-29(31)25-28(38-37-36-33)30(32)35-27(23-18-14-10-6-2)24-19-15-11-7-3;/h26-28,33H,5-25H2,1-4H3;/q;+1/p-1. The molecule has 0 spiro atoms. The first-order valence-electron chi connectivity index (χ1n) is 15.5. The van der Waals surface area contributed by atoms with Crippen molar-refractivity contribution in [3.8, 4) is 0 Å². The van der Waals surface area contributed by atoms with Crippen molar-refractivity contribution < 1.29 is 63.2 Å². The number of hydrogen-bond donors (Lipinski definition) is 0. The molecule has 0 aliphatic carbocycles. The number of carbonyl (C=O) groups is 2. The fourth-order valence-corrected chi connectivity index (χ4v) is 5.03. The largest absolute Gasteiger partial charge is 1.00 e. The molecule has 0 aromatic carbocycles. The fourth-order valence-electron chi connectivity index (χ4n) is 4.57. The minimum Gasteiger partial charge on any atom is -0.691 e. The quantitative estimate of drug-likeness (QED) is 0.0304. The van der Waals surface area contributed by atoms with E-state index >= 15 is 0 Å². The zero-order chi connectivity index (χ0) is 28.3. The fraction of sp³-hybridized carbons (Fsp3) is 0.933. The Morgan fingerprint density at radius 3 is 1.46 bits per heavy atom. The number of rotatable bonds is 28. The summed E-state index contributed by atoms with van der Waals surface area (Å²) in [4.78, 5) is 25.9. The first-order valence-corrected chi connectivity index (χ1v) is 16.3. The van der Waals surface area contributed by atoms with Crippen molar-refractivity contribution in [1.82, 2.24) is 0 Å². The Balaban J connectivity index is 0. The van der Waals surface area contributed by atoms with Crippen molar-refractivity contribution in [2.75, 3.05) is 0 Å². The van der Waals surface area contributed by atoms with Crippen LogP contribution in [0, 0.1) is 0 Å². The number of carbonyl (C=O) groups excluding carboxylic acids is 2. The van der Waals surface area contributed by atoms with E-state index in [2.05, 4.69) is 37.1 Å². The van der Waals surface area contributed by atoms with E-state index in [0.29, 0.717) is 12.0 Å². The predicted molar refractivity (Wildman–Crippen MR) is 153 cm³/mol. The summed E-state index contributed by atoms with van der Waals surface area (Å²) in [7, 11) is 0. The van der Waals surface area contributed by atoms with Gasteiger partial charge in [-0.2, -0.15) is 4.33 Å². The number of esters is 2. The summed E-state index contributed by atoms with van der Waals surface area (Å²) in [5.74, 6) is -1.02. The monoisotopic (exact) mass is 584 g/mol. The molecule has 0 fully saturated rings. The summed E-state index contributed by atoms with van der Waals surface area (Å²) in [5.41, 5.74) is 0. The first-order chi connectivity index (χ1) is 18.5. The van der Waals surface area contributed by atoms with E-state index in [1.165, 1.54) is 19.3 Å². The second-order valence-electron chi connectivity index (χ2n) is 10.5. The minimum absolute atomic E-state index is 0. The molecule has 39 heavy (non-hydrogen) atoms. The van der Waals surface area contributed by atoms with E-state index in [-0.39, 0.29) is 48.2 Å². The third kappa shape index (κ3) is 25.6. The molecule has 0 radical (unpaired) electrons. The van der Waals surface area contributed by atoms with Gasteiger partial charge in [-0.25, -0.2) is 0 Å². The van der Waals surface area contributed by atoms with Gasteiger partial charge >= 0.3 is 41.5 Å². The van der Waals surface area contributed by atoms with Crippen LogP contribution in [0.5, 0.6) is 0 Å². The molecular weight excluding hydrogens is 527 g/mol. The molecule has 0 aromatic heterocycles. The van der Waals surface area contributed by atoms with Crippen LogP contribution in [0.3, 0.4) is 0 Å². The predicted octanol–water partition coefficient (Wildman–Crippen LogP) is 5.33. The molecule has 7 nitrogen and oxygen atoms in total. The average molecular weight is 585 g/mol. The van der Waals surface area contributed by atoms with E-state index in [9.17, 15) is 14.8 Å². The molecule has 0 saturated carbocycles. The maximum Gasteiger partial charge on any atom is 1.00 e. The SMILES string of the molecule is CCCCCCCC(CCCCC)OC(=O)CC(SOO[O-])C(=O)OC(CCCCCC)CCCCCC.[Na+]. The van der Waals surface area contributed by atoms with Crippen molar-refractivity contribution in [2.45, 2.75) is 180 Å². The van der Waals surface area contributed by atoms with Gasteiger partial charge in [-0.3, -0.25) is 14.6 Å². The van der Waals surface area contributed by atoms with Gasteiger partial charge in [-0.15, -0.1) is 0 Å². The van der Waals surface area contributed by atoms with Gasteiger partial charge in [0.1, 0.15) is 17.5 Å². The van der Waals surface area contributed by atoms with E-state index in [0.717, 1.165) is 109 Å². The zero-order valence-corrected chi connectivity index (χ0v) is 28.7. The van der Waals surface area contributed by atoms with E-state index < -0.39 is 17.2 Å².